The summed E-state index contributed by atoms with van der Waals surface area (Å²) in [7, 11) is 0. The van der Waals surface area contributed by atoms with Crippen LogP contribution in [0.15, 0.2) is 82.4 Å². The standard InChI is InChI=1S/C25H21BrN4O2/c1-16-13-19(17(2)30(16)21-10-6-9-20(26)14-21)15-27-29-25(32)24(31)28-23-12-5-8-18-7-3-4-11-22(18)23/h3-15H,1-2H3,(H,28,31)(H,29,32)/b27-15-. The molecule has 4 aromatic rings. The van der Waals surface area contributed by atoms with Gasteiger partial charge in [-0.05, 0) is 49.6 Å². The van der Waals surface area contributed by atoms with E-state index in [0.717, 1.165) is 37.9 Å². The molecule has 0 saturated carbocycles. The van der Waals surface area contributed by atoms with Crippen LogP contribution in [-0.4, -0.2) is 22.6 Å². The third-order valence-corrected chi connectivity index (χ3v) is 5.64. The fourth-order valence-corrected chi connectivity index (χ4v) is 4.04. The maximum absolute atomic E-state index is 12.3. The molecular weight excluding hydrogens is 468 g/mol. The molecule has 0 aliphatic carbocycles. The van der Waals surface area contributed by atoms with Gasteiger partial charge in [0, 0.05) is 38.2 Å². The molecule has 2 N–H and O–H groups in total. The number of hydrogen-bond acceptors (Lipinski definition) is 3. The highest BCUT2D eigenvalue weighted by atomic mass is 79.9. The quantitative estimate of drug-likeness (QED) is 0.238. The van der Waals surface area contributed by atoms with Crippen molar-refractivity contribution >= 4 is 50.4 Å². The van der Waals surface area contributed by atoms with Crippen molar-refractivity contribution in [1.82, 2.24) is 9.99 Å². The van der Waals surface area contributed by atoms with Gasteiger partial charge in [0.25, 0.3) is 0 Å². The average molecular weight is 489 g/mol. The molecule has 6 nitrogen and oxygen atoms in total. The summed E-state index contributed by atoms with van der Waals surface area (Å²) in [6, 6.07) is 23.1. The molecule has 0 radical (unpaired) electrons. The van der Waals surface area contributed by atoms with Gasteiger partial charge in [0.2, 0.25) is 0 Å². The van der Waals surface area contributed by atoms with Crippen LogP contribution in [0.3, 0.4) is 0 Å². The Kier molecular flexibility index (Phi) is 6.18. The van der Waals surface area contributed by atoms with Crippen LogP contribution < -0.4 is 10.7 Å². The van der Waals surface area contributed by atoms with Crippen LogP contribution in [0.2, 0.25) is 0 Å². The zero-order valence-electron chi connectivity index (χ0n) is 17.6. The number of hydrogen-bond donors (Lipinski definition) is 2. The van der Waals surface area contributed by atoms with Gasteiger partial charge in [-0.25, -0.2) is 5.43 Å². The number of amides is 2. The van der Waals surface area contributed by atoms with Crippen LogP contribution in [-0.2, 0) is 9.59 Å². The lowest BCUT2D eigenvalue weighted by Gasteiger charge is -2.10. The normalized spacial score (nSPS) is 11.1. The van der Waals surface area contributed by atoms with Gasteiger partial charge >= 0.3 is 11.8 Å². The van der Waals surface area contributed by atoms with E-state index in [1.807, 2.05) is 80.6 Å². The third-order valence-electron chi connectivity index (χ3n) is 5.15. The molecule has 0 saturated heterocycles. The van der Waals surface area contributed by atoms with E-state index in [-0.39, 0.29) is 0 Å². The molecule has 32 heavy (non-hydrogen) atoms. The average Bonchev–Trinajstić information content (AvgIpc) is 3.06. The van der Waals surface area contributed by atoms with Crippen LogP contribution in [0, 0.1) is 13.8 Å². The maximum atomic E-state index is 12.3. The number of carbonyl (C=O) groups excluding carboxylic acids is 2. The first-order valence-electron chi connectivity index (χ1n) is 10.0. The number of nitrogens with zero attached hydrogens (tertiary/aromatic N) is 2. The van der Waals surface area contributed by atoms with Crippen molar-refractivity contribution in [3.05, 3.63) is 94.2 Å². The Hall–Kier alpha value is -3.71. The molecular formula is C25H21BrN4O2. The number of aryl methyl sites for hydroxylation is 1. The molecule has 0 bridgehead atoms. The molecule has 3 aromatic carbocycles. The molecule has 0 fully saturated rings. The van der Waals surface area contributed by atoms with Crippen molar-refractivity contribution in [2.75, 3.05) is 5.32 Å². The maximum Gasteiger partial charge on any atom is 0.329 e. The summed E-state index contributed by atoms with van der Waals surface area (Å²) in [4.78, 5) is 24.6. The zero-order valence-corrected chi connectivity index (χ0v) is 19.2. The van der Waals surface area contributed by atoms with Crippen molar-refractivity contribution < 1.29 is 9.59 Å². The number of benzene rings is 3. The second kappa shape index (κ2) is 9.20. The van der Waals surface area contributed by atoms with E-state index in [2.05, 4.69) is 36.3 Å². The largest absolute Gasteiger partial charge is 0.329 e. The van der Waals surface area contributed by atoms with Gasteiger partial charge < -0.3 is 9.88 Å². The molecule has 0 aliphatic rings. The van der Waals surface area contributed by atoms with Crippen LogP contribution in [0.25, 0.3) is 16.5 Å². The molecule has 0 aliphatic heterocycles. The van der Waals surface area contributed by atoms with Gasteiger partial charge in [0.15, 0.2) is 0 Å². The van der Waals surface area contributed by atoms with Crippen molar-refractivity contribution in [2.24, 2.45) is 5.10 Å². The Morgan fingerprint density at radius 1 is 0.938 bits per heavy atom. The summed E-state index contributed by atoms with van der Waals surface area (Å²) in [5.74, 6) is -1.62. The predicted octanol–water partition coefficient (Wildman–Crippen LogP) is 5.10. The van der Waals surface area contributed by atoms with E-state index in [4.69, 9.17) is 0 Å². The number of anilines is 1. The van der Waals surface area contributed by atoms with Gasteiger partial charge in [-0.2, -0.15) is 5.10 Å². The minimum Gasteiger partial charge on any atom is -0.318 e. The first-order valence-corrected chi connectivity index (χ1v) is 10.8. The van der Waals surface area contributed by atoms with Gasteiger partial charge in [-0.15, -0.1) is 0 Å². The lowest BCUT2D eigenvalue weighted by molar-refractivity contribution is -0.136. The van der Waals surface area contributed by atoms with E-state index in [9.17, 15) is 9.59 Å². The van der Waals surface area contributed by atoms with Crippen molar-refractivity contribution in [1.29, 1.82) is 0 Å². The summed E-state index contributed by atoms with van der Waals surface area (Å²) in [6.07, 6.45) is 1.54. The Bertz CT molecular complexity index is 1350. The lowest BCUT2D eigenvalue weighted by atomic mass is 10.1. The van der Waals surface area contributed by atoms with Gasteiger partial charge in [0.1, 0.15) is 0 Å². The minimum atomic E-state index is -0.838. The fraction of sp³-hybridized carbons (Fsp3) is 0.0800. The van der Waals surface area contributed by atoms with E-state index in [0.29, 0.717) is 5.69 Å². The van der Waals surface area contributed by atoms with E-state index in [1.165, 1.54) is 0 Å². The van der Waals surface area contributed by atoms with Gasteiger partial charge in [0.05, 0.1) is 6.21 Å². The van der Waals surface area contributed by atoms with Gasteiger partial charge in [-0.3, -0.25) is 9.59 Å². The Morgan fingerprint density at radius 3 is 2.50 bits per heavy atom. The second-order valence-corrected chi connectivity index (χ2v) is 8.24. The SMILES string of the molecule is Cc1cc(/C=N\NC(=O)C(=O)Nc2cccc3ccccc23)c(C)n1-c1cccc(Br)c1. The monoisotopic (exact) mass is 488 g/mol. The molecule has 1 aromatic heterocycles. The summed E-state index contributed by atoms with van der Waals surface area (Å²) in [5.41, 5.74) is 6.75. The highest BCUT2D eigenvalue weighted by Crippen LogP contribution is 2.23. The number of nitrogens with one attached hydrogen (secondary N) is 2. The Labute approximate surface area is 194 Å². The molecule has 7 heteroatoms. The van der Waals surface area contributed by atoms with Crippen LogP contribution in [0.1, 0.15) is 17.0 Å². The number of aromatic nitrogens is 1. The highest BCUT2D eigenvalue weighted by Gasteiger charge is 2.15. The summed E-state index contributed by atoms with van der Waals surface area (Å²) in [6.45, 7) is 3.98. The first-order chi connectivity index (χ1) is 15.4. The second-order valence-electron chi connectivity index (χ2n) is 7.32. The number of carbonyl (C=O) groups is 2. The predicted molar refractivity (Wildman–Crippen MR) is 131 cm³/mol. The molecule has 2 amide bonds. The Morgan fingerprint density at radius 2 is 1.69 bits per heavy atom. The highest BCUT2D eigenvalue weighted by molar-refractivity contribution is 9.10. The van der Waals surface area contributed by atoms with Crippen LogP contribution in [0.4, 0.5) is 5.69 Å². The number of rotatable bonds is 4. The first kappa shape index (κ1) is 21.5. The molecule has 0 spiro atoms. The number of halogens is 1. The number of hydrazone groups is 1. The van der Waals surface area contributed by atoms with Crippen molar-refractivity contribution in [3.8, 4) is 5.69 Å². The summed E-state index contributed by atoms with van der Waals surface area (Å²) in [5, 5.41) is 8.47. The van der Waals surface area contributed by atoms with Gasteiger partial charge in [-0.1, -0.05) is 58.4 Å². The van der Waals surface area contributed by atoms with Crippen molar-refractivity contribution in [2.45, 2.75) is 13.8 Å². The molecule has 4 rings (SSSR count). The molecule has 160 valence electrons. The fourth-order valence-electron chi connectivity index (χ4n) is 3.66. The van der Waals surface area contributed by atoms with Crippen LogP contribution >= 0.6 is 15.9 Å². The van der Waals surface area contributed by atoms with E-state index >= 15 is 0 Å². The number of fused-ring (bicyclic) bond motifs is 1. The van der Waals surface area contributed by atoms with E-state index < -0.39 is 11.8 Å². The molecule has 0 atom stereocenters. The minimum absolute atomic E-state index is 0.574. The topological polar surface area (TPSA) is 75.5 Å². The third kappa shape index (κ3) is 4.48. The Balaban J connectivity index is 1.45. The van der Waals surface area contributed by atoms with Crippen molar-refractivity contribution in [3.63, 3.8) is 0 Å². The smallest absolute Gasteiger partial charge is 0.318 e. The lowest BCUT2D eigenvalue weighted by Crippen LogP contribution is -2.32. The summed E-state index contributed by atoms with van der Waals surface area (Å²) < 4.78 is 3.09. The molecule has 0 unspecified atom stereocenters. The van der Waals surface area contributed by atoms with Crippen LogP contribution in [0.5, 0.6) is 0 Å². The summed E-state index contributed by atoms with van der Waals surface area (Å²) >= 11 is 3.50. The van der Waals surface area contributed by atoms with E-state index in [1.54, 1.807) is 12.3 Å². The zero-order chi connectivity index (χ0) is 22.7. The molecule has 1 heterocycles.